The van der Waals surface area contributed by atoms with Gasteiger partial charge in [-0.15, -0.1) is 0 Å². The Labute approximate surface area is 128 Å². The molecule has 0 bridgehead atoms. The first kappa shape index (κ1) is 15.8. The fraction of sp³-hybridized carbons (Fsp3) is 0.500. The minimum absolute atomic E-state index is 0.129. The number of benzene rings is 1. The van der Waals surface area contributed by atoms with Crippen LogP contribution in [0.4, 0.5) is 0 Å². The lowest BCUT2D eigenvalue weighted by atomic mass is 10.1. The number of hydrogen-bond acceptors (Lipinski definition) is 2. The van der Waals surface area contributed by atoms with Crippen molar-refractivity contribution in [2.45, 2.75) is 58.7 Å². The van der Waals surface area contributed by atoms with E-state index in [2.05, 4.69) is 72.2 Å². The van der Waals surface area contributed by atoms with E-state index in [9.17, 15) is 0 Å². The number of aromatic nitrogens is 2. The van der Waals surface area contributed by atoms with Gasteiger partial charge in [-0.2, -0.15) is 0 Å². The fourth-order valence-corrected chi connectivity index (χ4v) is 2.31. The second-order valence-corrected chi connectivity index (χ2v) is 6.58. The molecule has 114 valence electrons. The highest BCUT2D eigenvalue weighted by molar-refractivity contribution is 5.14. The summed E-state index contributed by atoms with van der Waals surface area (Å²) in [5.41, 5.74) is 1.56. The van der Waals surface area contributed by atoms with Gasteiger partial charge in [-0.25, -0.2) is 4.98 Å². The summed E-state index contributed by atoms with van der Waals surface area (Å²) in [5, 5.41) is 3.50. The highest BCUT2D eigenvalue weighted by Crippen LogP contribution is 2.08. The lowest BCUT2D eigenvalue weighted by Gasteiger charge is -2.20. The fourth-order valence-electron chi connectivity index (χ4n) is 2.31. The van der Waals surface area contributed by atoms with Gasteiger partial charge in [-0.05, 0) is 45.6 Å². The van der Waals surface area contributed by atoms with Gasteiger partial charge in [0, 0.05) is 24.5 Å². The van der Waals surface area contributed by atoms with Crippen molar-refractivity contribution in [2.75, 3.05) is 0 Å². The van der Waals surface area contributed by atoms with Crippen LogP contribution in [-0.2, 0) is 19.5 Å². The molecule has 1 N–H and O–H groups in total. The van der Waals surface area contributed by atoms with Crippen LogP contribution in [0.3, 0.4) is 0 Å². The Kier molecular flexibility index (Phi) is 5.57. The van der Waals surface area contributed by atoms with E-state index < -0.39 is 0 Å². The third kappa shape index (κ3) is 5.72. The van der Waals surface area contributed by atoms with E-state index in [0.29, 0.717) is 0 Å². The Morgan fingerprint density at radius 3 is 2.57 bits per heavy atom. The summed E-state index contributed by atoms with van der Waals surface area (Å²) in [6.07, 6.45) is 7.55. The molecule has 0 aliphatic rings. The van der Waals surface area contributed by atoms with Gasteiger partial charge in [-0.3, -0.25) is 0 Å². The molecule has 1 heterocycles. The van der Waals surface area contributed by atoms with Crippen molar-refractivity contribution in [1.29, 1.82) is 0 Å². The van der Waals surface area contributed by atoms with Crippen LogP contribution in [0.1, 0.15) is 45.0 Å². The van der Waals surface area contributed by atoms with E-state index in [1.54, 1.807) is 0 Å². The van der Waals surface area contributed by atoms with Gasteiger partial charge >= 0.3 is 0 Å². The molecule has 21 heavy (non-hydrogen) atoms. The number of nitrogens with one attached hydrogen (secondary N) is 1. The van der Waals surface area contributed by atoms with Crippen LogP contribution in [0.15, 0.2) is 42.7 Å². The van der Waals surface area contributed by atoms with Crippen LogP contribution >= 0.6 is 0 Å². The molecule has 0 spiro atoms. The third-order valence-electron chi connectivity index (χ3n) is 3.54. The molecule has 0 atom stereocenters. The molecule has 0 unspecified atom stereocenters. The second kappa shape index (κ2) is 7.41. The number of unbranched alkanes of at least 4 members (excludes halogenated alkanes) is 1. The number of imidazole rings is 1. The molecule has 1 aromatic heterocycles. The predicted octanol–water partition coefficient (Wildman–Crippen LogP) is 3.79. The number of nitrogens with zero attached hydrogens (tertiary/aromatic N) is 2. The summed E-state index contributed by atoms with van der Waals surface area (Å²) in [6.45, 7) is 8.42. The zero-order chi connectivity index (χ0) is 15.1. The highest BCUT2D eigenvalue weighted by atomic mass is 15.1. The molecule has 0 amide bonds. The minimum Gasteiger partial charge on any atom is -0.334 e. The van der Waals surface area contributed by atoms with Crippen LogP contribution in [0.5, 0.6) is 0 Å². The molecule has 0 saturated carbocycles. The van der Waals surface area contributed by atoms with Gasteiger partial charge < -0.3 is 9.88 Å². The van der Waals surface area contributed by atoms with Gasteiger partial charge in [0.25, 0.3) is 0 Å². The largest absolute Gasteiger partial charge is 0.334 e. The molecule has 3 heteroatoms. The molecule has 3 nitrogen and oxygen atoms in total. The van der Waals surface area contributed by atoms with E-state index in [4.69, 9.17) is 0 Å². The van der Waals surface area contributed by atoms with Crippen molar-refractivity contribution < 1.29 is 0 Å². The lowest BCUT2D eigenvalue weighted by molar-refractivity contribution is 0.410. The Hall–Kier alpha value is -1.61. The van der Waals surface area contributed by atoms with Gasteiger partial charge in [-0.1, -0.05) is 30.3 Å². The van der Waals surface area contributed by atoms with Crippen molar-refractivity contribution in [3.05, 3.63) is 54.1 Å². The van der Waals surface area contributed by atoms with Crippen molar-refractivity contribution in [2.24, 2.45) is 0 Å². The zero-order valence-corrected chi connectivity index (χ0v) is 13.5. The standard InChI is InChI=1S/C18H27N3/c1-18(2,3)20-15-17-19-12-14-21(17)13-8-7-11-16-9-5-4-6-10-16/h4-6,9-10,12,14,20H,7-8,11,13,15H2,1-3H3. The van der Waals surface area contributed by atoms with Crippen LogP contribution in [0.25, 0.3) is 0 Å². The van der Waals surface area contributed by atoms with Gasteiger partial charge in [0.2, 0.25) is 0 Å². The number of aryl methyl sites for hydroxylation is 2. The topological polar surface area (TPSA) is 29.9 Å². The van der Waals surface area contributed by atoms with Gasteiger partial charge in [0.15, 0.2) is 0 Å². The maximum Gasteiger partial charge on any atom is 0.122 e. The normalized spacial score (nSPS) is 11.8. The first-order chi connectivity index (χ1) is 10.0. The SMILES string of the molecule is CC(C)(C)NCc1nccn1CCCCc1ccccc1. The molecule has 2 aromatic rings. The first-order valence-electron chi connectivity index (χ1n) is 7.83. The summed E-state index contributed by atoms with van der Waals surface area (Å²) < 4.78 is 2.27. The van der Waals surface area contributed by atoms with Crippen molar-refractivity contribution >= 4 is 0 Å². The predicted molar refractivity (Wildman–Crippen MR) is 88.2 cm³/mol. The highest BCUT2D eigenvalue weighted by Gasteiger charge is 2.10. The lowest BCUT2D eigenvalue weighted by Crippen LogP contribution is -2.35. The molecule has 0 fully saturated rings. The summed E-state index contributed by atoms with van der Waals surface area (Å²) in [6, 6.07) is 10.7. The van der Waals surface area contributed by atoms with E-state index in [0.717, 1.165) is 25.3 Å². The maximum absolute atomic E-state index is 4.46. The average molecular weight is 285 g/mol. The molecular weight excluding hydrogens is 258 g/mol. The summed E-state index contributed by atoms with van der Waals surface area (Å²) >= 11 is 0. The van der Waals surface area contributed by atoms with Crippen molar-refractivity contribution in [3.63, 3.8) is 0 Å². The van der Waals surface area contributed by atoms with Crippen LogP contribution in [0, 0.1) is 0 Å². The van der Waals surface area contributed by atoms with Crippen molar-refractivity contribution in [1.82, 2.24) is 14.9 Å². The molecular formula is C18H27N3. The van der Waals surface area contributed by atoms with E-state index in [1.165, 1.54) is 18.4 Å². The third-order valence-corrected chi connectivity index (χ3v) is 3.54. The molecule has 0 saturated heterocycles. The van der Waals surface area contributed by atoms with Crippen LogP contribution < -0.4 is 5.32 Å². The van der Waals surface area contributed by atoms with Gasteiger partial charge in [0.05, 0.1) is 6.54 Å². The molecule has 0 aliphatic heterocycles. The van der Waals surface area contributed by atoms with Crippen LogP contribution in [0.2, 0.25) is 0 Å². The minimum atomic E-state index is 0.129. The summed E-state index contributed by atoms with van der Waals surface area (Å²) in [7, 11) is 0. The number of hydrogen-bond donors (Lipinski definition) is 1. The Bertz CT molecular complexity index is 523. The van der Waals surface area contributed by atoms with Gasteiger partial charge in [0.1, 0.15) is 5.82 Å². The maximum atomic E-state index is 4.46. The first-order valence-corrected chi connectivity index (χ1v) is 7.83. The van der Waals surface area contributed by atoms with Crippen LogP contribution in [-0.4, -0.2) is 15.1 Å². The smallest absolute Gasteiger partial charge is 0.122 e. The molecule has 1 aromatic carbocycles. The molecule has 0 aliphatic carbocycles. The van der Waals surface area contributed by atoms with Crippen molar-refractivity contribution in [3.8, 4) is 0 Å². The van der Waals surface area contributed by atoms with E-state index in [-0.39, 0.29) is 5.54 Å². The monoisotopic (exact) mass is 285 g/mol. The average Bonchev–Trinajstić information content (AvgIpc) is 2.89. The molecule has 2 rings (SSSR count). The molecule has 0 radical (unpaired) electrons. The summed E-state index contributed by atoms with van der Waals surface area (Å²) in [4.78, 5) is 4.46. The zero-order valence-electron chi connectivity index (χ0n) is 13.5. The Morgan fingerprint density at radius 2 is 1.86 bits per heavy atom. The number of rotatable bonds is 7. The second-order valence-electron chi connectivity index (χ2n) is 6.58. The van der Waals surface area contributed by atoms with E-state index in [1.807, 2.05) is 6.20 Å². The van der Waals surface area contributed by atoms with E-state index >= 15 is 0 Å². The Morgan fingerprint density at radius 1 is 1.10 bits per heavy atom. The quantitative estimate of drug-likeness (QED) is 0.784. The Balaban J connectivity index is 1.75. The summed E-state index contributed by atoms with van der Waals surface area (Å²) in [5.74, 6) is 1.13.